The fourth-order valence-electron chi connectivity index (χ4n) is 3.24. The number of piperidine rings is 1. The smallest absolute Gasteiger partial charge is 0.382 e. The minimum atomic E-state index is -4.23. The van der Waals surface area contributed by atoms with Crippen molar-refractivity contribution < 1.29 is 13.2 Å². The Morgan fingerprint density at radius 2 is 1.96 bits per heavy atom. The second-order valence-corrected chi connectivity index (χ2v) is 6.15. The van der Waals surface area contributed by atoms with Crippen molar-refractivity contribution in [3.05, 3.63) is 30.5 Å². The van der Waals surface area contributed by atoms with Gasteiger partial charge in [-0.05, 0) is 31.0 Å². The maximum atomic E-state index is 12.7. The van der Waals surface area contributed by atoms with E-state index >= 15 is 0 Å². The van der Waals surface area contributed by atoms with Crippen LogP contribution in [0.3, 0.4) is 0 Å². The van der Waals surface area contributed by atoms with Crippen LogP contribution in [0.25, 0.3) is 10.9 Å². The summed E-state index contributed by atoms with van der Waals surface area (Å²) in [5.41, 5.74) is 1.45. The number of benzene rings is 1. The van der Waals surface area contributed by atoms with E-state index in [0.717, 1.165) is 37.0 Å². The number of nitrogens with zero attached hydrogens (tertiary/aromatic N) is 3. The van der Waals surface area contributed by atoms with E-state index in [4.69, 9.17) is 5.26 Å². The predicted octanol–water partition coefficient (Wildman–Crippen LogP) is 3.60. The topological polar surface area (TPSA) is 44.0 Å². The van der Waals surface area contributed by atoms with E-state index in [1.807, 2.05) is 6.07 Å². The van der Waals surface area contributed by atoms with Gasteiger partial charge in [0.2, 0.25) is 0 Å². The molecule has 1 aliphatic rings. The third kappa shape index (κ3) is 3.82. The molecule has 0 amide bonds. The first-order chi connectivity index (χ1) is 11.5. The molecule has 1 aromatic carbocycles. The quantitative estimate of drug-likeness (QED) is 0.868. The van der Waals surface area contributed by atoms with Gasteiger partial charge in [-0.2, -0.15) is 18.4 Å². The highest BCUT2D eigenvalue weighted by Gasteiger charge is 2.28. The van der Waals surface area contributed by atoms with Gasteiger partial charge in [0.25, 0.3) is 0 Å². The molecule has 0 saturated carbocycles. The highest BCUT2D eigenvalue weighted by Crippen LogP contribution is 2.29. The summed E-state index contributed by atoms with van der Waals surface area (Å²) < 4.78 is 39.2. The van der Waals surface area contributed by atoms with Crippen molar-refractivity contribution in [2.75, 3.05) is 25.0 Å². The Bertz CT molecular complexity index is 736. The van der Waals surface area contributed by atoms with Crippen molar-refractivity contribution in [3.63, 3.8) is 0 Å². The third-order valence-corrected chi connectivity index (χ3v) is 4.40. The van der Waals surface area contributed by atoms with Gasteiger partial charge < -0.3 is 9.88 Å². The molecule has 0 bridgehead atoms. The van der Waals surface area contributed by atoms with Crippen molar-refractivity contribution in [3.8, 4) is 6.07 Å². The normalized spacial score (nSPS) is 17.1. The molecule has 24 heavy (non-hydrogen) atoms. The molecule has 128 valence electrons. The average molecular weight is 336 g/mol. The van der Waals surface area contributed by atoms with Gasteiger partial charge in [0.1, 0.15) is 6.54 Å². The summed E-state index contributed by atoms with van der Waals surface area (Å²) in [6, 6.07) is 9.56. The van der Waals surface area contributed by atoms with Crippen LogP contribution < -0.4 is 5.32 Å². The molecule has 0 atom stereocenters. The van der Waals surface area contributed by atoms with Gasteiger partial charge >= 0.3 is 6.18 Å². The number of alkyl halides is 3. The molecule has 1 N–H and O–H groups in total. The number of nitrogens with one attached hydrogen (secondary N) is 1. The zero-order valence-corrected chi connectivity index (χ0v) is 13.2. The lowest BCUT2D eigenvalue weighted by molar-refractivity contribution is -0.139. The maximum Gasteiger partial charge on any atom is 0.406 e. The first-order valence-electron chi connectivity index (χ1n) is 7.97. The molecule has 2 heterocycles. The standard InChI is InChI=1S/C17H19F3N4/c18-17(19,20)12-24-10-6-14-15(2-1-3-16(14)24)22-13-4-8-23(9-5-13)11-7-21/h1-3,6,10,13,22H,4-5,8-9,11-12H2. The number of nitriles is 1. The Morgan fingerprint density at radius 3 is 2.62 bits per heavy atom. The van der Waals surface area contributed by atoms with Gasteiger partial charge in [-0.1, -0.05) is 6.07 Å². The number of fused-ring (bicyclic) bond motifs is 1. The molecule has 1 saturated heterocycles. The Hall–Kier alpha value is -2.20. The molecule has 7 heteroatoms. The van der Waals surface area contributed by atoms with Crippen LogP contribution in [-0.2, 0) is 6.54 Å². The van der Waals surface area contributed by atoms with E-state index < -0.39 is 12.7 Å². The molecule has 3 rings (SSSR count). The van der Waals surface area contributed by atoms with Crippen molar-refractivity contribution in [2.45, 2.75) is 31.6 Å². The van der Waals surface area contributed by atoms with E-state index in [1.165, 1.54) is 10.8 Å². The summed E-state index contributed by atoms with van der Waals surface area (Å²) in [5, 5.41) is 13.0. The van der Waals surface area contributed by atoms with Crippen LogP contribution in [-0.4, -0.2) is 41.3 Å². The summed E-state index contributed by atoms with van der Waals surface area (Å²) in [4.78, 5) is 2.11. The first-order valence-corrected chi connectivity index (χ1v) is 7.97. The van der Waals surface area contributed by atoms with Crippen LogP contribution in [0.15, 0.2) is 30.5 Å². The van der Waals surface area contributed by atoms with Gasteiger partial charge in [-0.3, -0.25) is 4.90 Å². The Labute approximate surface area is 138 Å². The molecule has 0 aliphatic carbocycles. The number of rotatable bonds is 4. The molecule has 1 aromatic heterocycles. The Balaban J connectivity index is 1.73. The van der Waals surface area contributed by atoms with Gasteiger partial charge in [0.15, 0.2) is 0 Å². The molecular weight excluding hydrogens is 317 g/mol. The lowest BCUT2D eigenvalue weighted by atomic mass is 10.0. The van der Waals surface area contributed by atoms with Crippen molar-refractivity contribution >= 4 is 16.6 Å². The molecule has 2 aromatic rings. The van der Waals surface area contributed by atoms with E-state index in [9.17, 15) is 13.2 Å². The largest absolute Gasteiger partial charge is 0.406 e. The van der Waals surface area contributed by atoms with Crippen LogP contribution in [0.2, 0.25) is 0 Å². The number of halogens is 3. The summed E-state index contributed by atoms with van der Waals surface area (Å²) >= 11 is 0. The van der Waals surface area contributed by atoms with Crippen molar-refractivity contribution in [1.29, 1.82) is 5.26 Å². The first kappa shape index (κ1) is 16.7. The summed E-state index contributed by atoms with van der Waals surface area (Å²) in [5.74, 6) is 0. The summed E-state index contributed by atoms with van der Waals surface area (Å²) in [7, 11) is 0. The third-order valence-electron chi connectivity index (χ3n) is 4.40. The zero-order valence-electron chi connectivity index (χ0n) is 13.2. The van der Waals surface area contributed by atoms with E-state index in [-0.39, 0.29) is 6.04 Å². The molecule has 0 unspecified atom stereocenters. The van der Waals surface area contributed by atoms with Crippen molar-refractivity contribution in [1.82, 2.24) is 9.47 Å². The number of likely N-dealkylation sites (tertiary alicyclic amines) is 1. The average Bonchev–Trinajstić information content (AvgIpc) is 2.92. The molecule has 1 aliphatic heterocycles. The van der Waals surface area contributed by atoms with Gasteiger partial charge in [0, 0.05) is 36.4 Å². The summed E-state index contributed by atoms with van der Waals surface area (Å²) in [6.45, 7) is 1.18. The van der Waals surface area contributed by atoms with Crippen LogP contribution in [0.1, 0.15) is 12.8 Å². The zero-order chi connectivity index (χ0) is 17.2. The minimum Gasteiger partial charge on any atom is -0.382 e. The minimum absolute atomic E-state index is 0.275. The number of aromatic nitrogens is 1. The monoisotopic (exact) mass is 336 g/mol. The number of anilines is 1. The van der Waals surface area contributed by atoms with Crippen LogP contribution in [0, 0.1) is 11.3 Å². The SMILES string of the molecule is N#CCN1CCC(Nc2cccc3c2ccn3CC(F)(F)F)CC1. The summed E-state index contributed by atoms with van der Waals surface area (Å²) in [6.07, 6.45) is -0.912. The van der Waals surface area contributed by atoms with Gasteiger partial charge in [-0.25, -0.2) is 0 Å². The van der Waals surface area contributed by atoms with Crippen LogP contribution in [0.4, 0.5) is 18.9 Å². The second kappa shape index (κ2) is 6.73. The highest BCUT2D eigenvalue weighted by molar-refractivity contribution is 5.92. The second-order valence-electron chi connectivity index (χ2n) is 6.15. The number of hydrogen-bond acceptors (Lipinski definition) is 3. The van der Waals surface area contributed by atoms with Gasteiger partial charge in [-0.15, -0.1) is 0 Å². The van der Waals surface area contributed by atoms with E-state index in [2.05, 4.69) is 16.3 Å². The lowest BCUT2D eigenvalue weighted by Gasteiger charge is -2.31. The maximum absolute atomic E-state index is 12.7. The molecular formula is C17H19F3N4. The fourth-order valence-corrected chi connectivity index (χ4v) is 3.24. The fraction of sp³-hybridized carbons (Fsp3) is 0.471. The molecule has 1 fully saturated rings. The Kier molecular flexibility index (Phi) is 4.67. The van der Waals surface area contributed by atoms with E-state index in [0.29, 0.717) is 12.1 Å². The molecule has 4 nitrogen and oxygen atoms in total. The van der Waals surface area contributed by atoms with Crippen LogP contribution >= 0.6 is 0 Å². The van der Waals surface area contributed by atoms with Crippen molar-refractivity contribution in [2.24, 2.45) is 0 Å². The molecule has 0 radical (unpaired) electrons. The highest BCUT2D eigenvalue weighted by atomic mass is 19.4. The van der Waals surface area contributed by atoms with E-state index in [1.54, 1.807) is 18.2 Å². The number of hydrogen-bond donors (Lipinski definition) is 1. The predicted molar refractivity (Wildman–Crippen MR) is 86.7 cm³/mol. The lowest BCUT2D eigenvalue weighted by Crippen LogP contribution is -2.39. The molecule has 0 spiro atoms. The Morgan fingerprint density at radius 1 is 1.21 bits per heavy atom. The van der Waals surface area contributed by atoms with Crippen LogP contribution in [0.5, 0.6) is 0 Å². The van der Waals surface area contributed by atoms with Gasteiger partial charge in [0.05, 0.1) is 18.1 Å².